The van der Waals surface area contributed by atoms with E-state index in [4.69, 9.17) is 0 Å². The summed E-state index contributed by atoms with van der Waals surface area (Å²) in [6.07, 6.45) is 0. The normalized spacial score (nSPS) is 12.8. The van der Waals surface area contributed by atoms with Crippen molar-refractivity contribution >= 4 is 11.6 Å². The van der Waals surface area contributed by atoms with Crippen molar-refractivity contribution in [1.82, 2.24) is 9.80 Å². The van der Waals surface area contributed by atoms with E-state index < -0.39 is 10.8 Å². The third kappa shape index (κ3) is 11.1. The van der Waals surface area contributed by atoms with E-state index in [2.05, 4.69) is 47.9 Å². The van der Waals surface area contributed by atoms with E-state index >= 15 is 9.59 Å². The van der Waals surface area contributed by atoms with Gasteiger partial charge in [-0.15, -0.1) is 24.3 Å². The van der Waals surface area contributed by atoms with E-state index in [1.165, 1.54) is 0 Å². The minimum atomic E-state index is -1.33. The number of fused-ring (bicyclic) bond motifs is 6. The zero-order valence-corrected chi connectivity index (χ0v) is 48.0. The van der Waals surface area contributed by atoms with Gasteiger partial charge in [-0.1, -0.05) is 205 Å². The first-order valence-electron chi connectivity index (χ1n) is 27.2. The standard InChI is InChI=1S/C60H52N2O4.2C7H7.Ti/c1-39-33-43(55(63)53(35-39)59(57(65)41-19-7-5-8-20-41)49-27-15-11-23-45(49)46-24-12-16-28-50(46)59)37-62(32-31-61(3)4)38-44-34-40(2)36-54(56(44)64)60(58(66)42-21-9-6-10-22-42)51-29-17-13-25-47(51)48-26-14-18-30-52(48)60;2*1-7-5-3-2-4-6-7;/h5-30,33-36,63-64H,31-32,37-38H2,1-4H3;2*2-6H,1H2;/q;2*-1;+4. The molecule has 0 fully saturated rings. The Kier molecular flexibility index (Phi) is 17.6. The Morgan fingerprint density at radius 3 is 0.963 bits per heavy atom. The Balaban J connectivity index is 0.000000462. The molecule has 0 bridgehead atoms. The number of benzene rings is 10. The van der Waals surface area contributed by atoms with Crippen molar-refractivity contribution in [3.63, 3.8) is 0 Å². The molecule has 0 aromatic heterocycles. The number of phenolic OH excluding ortho intramolecular Hbond substituents is 2. The van der Waals surface area contributed by atoms with Gasteiger partial charge in [-0.2, -0.15) is 49.2 Å². The SMILES string of the molecule is Cc1cc(CN(CCN(C)C)Cc2cc(C)cc(C3(C(=O)c4ccccc4)c4ccccc4-c4ccccc43)c2O)c(O)c(C2(C(=O)c3ccccc3)c3ccccc3-c3ccccc32)c1.[CH2-]c1ccccc1.[CH2-]c1ccccc1.[Ti+4]. The van der Waals surface area contributed by atoms with E-state index in [9.17, 15) is 10.2 Å². The maximum atomic E-state index is 15.5. The summed E-state index contributed by atoms with van der Waals surface area (Å²) in [5, 5.41) is 25.8. The molecular weight excluding hydrogens is 1030 g/mol. The minimum Gasteiger partial charge on any atom is -0.507 e. The average molecular weight is 1100 g/mol. The molecule has 0 unspecified atom stereocenters. The molecular formula is C74H66N2O4Ti+2. The van der Waals surface area contributed by atoms with Gasteiger partial charge in [0.15, 0.2) is 11.6 Å². The van der Waals surface area contributed by atoms with Crippen molar-refractivity contribution < 1.29 is 41.5 Å². The van der Waals surface area contributed by atoms with E-state index in [0.29, 0.717) is 59.6 Å². The van der Waals surface area contributed by atoms with E-state index in [1.54, 1.807) is 0 Å². The van der Waals surface area contributed by atoms with Crippen LogP contribution in [0.2, 0.25) is 0 Å². The van der Waals surface area contributed by atoms with Gasteiger partial charge < -0.3 is 15.1 Å². The van der Waals surface area contributed by atoms with Gasteiger partial charge in [0, 0.05) is 59.6 Å². The number of rotatable bonds is 13. The van der Waals surface area contributed by atoms with Crippen molar-refractivity contribution in [1.29, 1.82) is 0 Å². The fourth-order valence-corrected chi connectivity index (χ4v) is 11.9. The molecule has 10 aromatic rings. The summed E-state index contributed by atoms with van der Waals surface area (Å²) in [6.45, 7) is 13.4. The van der Waals surface area contributed by atoms with Crippen LogP contribution in [0.5, 0.6) is 11.5 Å². The molecule has 0 spiro atoms. The summed E-state index contributed by atoms with van der Waals surface area (Å²) in [6, 6.07) is 78.7. The molecule has 12 rings (SSSR count). The molecule has 2 aliphatic rings. The van der Waals surface area contributed by atoms with Crippen molar-refractivity contribution in [2.75, 3.05) is 27.2 Å². The summed E-state index contributed by atoms with van der Waals surface area (Å²) in [4.78, 5) is 35.3. The van der Waals surface area contributed by atoms with Crippen LogP contribution in [0.4, 0.5) is 0 Å². The maximum absolute atomic E-state index is 15.5. The molecule has 398 valence electrons. The molecule has 0 atom stereocenters. The van der Waals surface area contributed by atoms with Crippen molar-refractivity contribution in [3.05, 3.63) is 334 Å². The molecule has 2 aliphatic carbocycles. The monoisotopic (exact) mass is 1090 g/mol. The predicted octanol–water partition coefficient (Wildman–Crippen LogP) is 15.4. The first kappa shape index (κ1) is 57.2. The fourth-order valence-electron chi connectivity index (χ4n) is 11.9. The summed E-state index contributed by atoms with van der Waals surface area (Å²) in [5.74, 6) is -0.0925. The molecule has 6 nitrogen and oxygen atoms in total. The Morgan fingerprint density at radius 1 is 0.395 bits per heavy atom. The predicted molar refractivity (Wildman–Crippen MR) is 325 cm³/mol. The van der Waals surface area contributed by atoms with Crippen LogP contribution in [0.15, 0.2) is 243 Å². The Hall–Kier alpha value is -8.49. The van der Waals surface area contributed by atoms with Gasteiger partial charge in [0.25, 0.3) is 0 Å². The van der Waals surface area contributed by atoms with Crippen molar-refractivity contribution in [2.24, 2.45) is 0 Å². The molecule has 7 heteroatoms. The Bertz CT molecular complexity index is 3490. The maximum Gasteiger partial charge on any atom is 4.00 e. The average Bonchev–Trinajstić information content (AvgIpc) is 2.10. The van der Waals surface area contributed by atoms with Gasteiger partial charge in [-0.3, -0.25) is 14.5 Å². The molecule has 0 amide bonds. The van der Waals surface area contributed by atoms with Crippen LogP contribution in [0.1, 0.15) is 87.5 Å². The van der Waals surface area contributed by atoms with Crippen LogP contribution in [-0.2, 0) is 45.6 Å². The second-order valence-corrected chi connectivity index (χ2v) is 21.2. The van der Waals surface area contributed by atoms with E-state index in [0.717, 1.165) is 66.8 Å². The van der Waals surface area contributed by atoms with Gasteiger partial charge in [0.2, 0.25) is 0 Å². The molecule has 2 N–H and O–H groups in total. The number of Topliss-reactive ketones (excluding diaryl/α,β-unsaturated/α-hetero) is 2. The zero-order chi connectivity index (χ0) is 56.0. The largest absolute Gasteiger partial charge is 4.00 e. The van der Waals surface area contributed by atoms with E-state index in [-0.39, 0.29) is 44.8 Å². The topological polar surface area (TPSA) is 81.1 Å². The number of hydrogen-bond acceptors (Lipinski definition) is 6. The van der Waals surface area contributed by atoms with Gasteiger partial charge in [0.05, 0.1) is 0 Å². The molecule has 0 heterocycles. The number of hydrogen-bond donors (Lipinski definition) is 2. The third-order valence-corrected chi connectivity index (χ3v) is 15.5. The summed E-state index contributed by atoms with van der Waals surface area (Å²) in [5.41, 5.74) is 12.1. The Labute approximate surface area is 492 Å². The van der Waals surface area contributed by atoms with Crippen LogP contribution in [0, 0.1) is 27.7 Å². The second kappa shape index (κ2) is 24.9. The van der Waals surface area contributed by atoms with Gasteiger partial charge in [-0.05, 0) is 72.5 Å². The summed E-state index contributed by atoms with van der Waals surface area (Å²) in [7, 11) is 4.06. The van der Waals surface area contributed by atoms with E-state index in [1.807, 2.05) is 246 Å². The number of carbonyl (C=O) groups excluding carboxylic acids is 2. The molecule has 0 saturated carbocycles. The molecule has 10 aromatic carbocycles. The molecule has 0 aliphatic heterocycles. The Morgan fingerprint density at radius 2 is 0.679 bits per heavy atom. The van der Waals surface area contributed by atoms with Gasteiger partial charge >= 0.3 is 21.7 Å². The smallest absolute Gasteiger partial charge is 0.507 e. The number of phenols is 2. The number of aromatic hydroxyl groups is 2. The number of carbonyl (C=O) groups is 2. The summed E-state index contributed by atoms with van der Waals surface area (Å²) >= 11 is 0. The van der Waals surface area contributed by atoms with Crippen LogP contribution in [-0.4, -0.2) is 58.8 Å². The number of ketones is 2. The number of likely N-dealkylation sites (N-methyl/N-ethyl adjacent to an activating group) is 1. The quantitative estimate of drug-likeness (QED) is 0.0680. The minimum absolute atomic E-state index is 0. The van der Waals surface area contributed by atoms with Gasteiger partial charge in [-0.25, -0.2) is 0 Å². The van der Waals surface area contributed by atoms with Crippen LogP contribution in [0.25, 0.3) is 22.3 Å². The number of aryl methyl sites for hydroxylation is 2. The fraction of sp³-hybridized carbons (Fsp3) is 0.135. The zero-order valence-electron chi connectivity index (χ0n) is 46.4. The van der Waals surface area contributed by atoms with Crippen molar-refractivity contribution in [3.8, 4) is 33.8 Å². The van der Waals surface area contributed by atoms with Crippen LogP contribution in [0.3, 0.4) is 0 Å². The van der Waals surface area contributed by atoms with Gasteiger partial charge in [0.1, 0.15) is 22.3 Å². The molecule has 0 saturated heterocycles. The second-order valence-electron chi connectivity index (χ2n) is 21.2. The van der Waals surface area contributed by atoms with Crippen LogP contribution >= 0.6 is 0 Å². The summed E-state index contributed by atoms with van der Waals surface area (Å²) < 4.78 is 0. The first-order valence-corrected chi connectivity index (χ1v) is 27.2. The number of nitrogens with zero attached hydrogens (tertiary/aromatic N) is 2. The van der Waals surface area contributed by atoms with Crippen molar-refractivity contribution in [2.45, 2.75) is 37.8 Å². The molecule has 0 radical (unpaired) electrons. The first-order chi connectivity index (χ1) is 38.8. The molecule has 81 heavy (non-hydrogen) atoms. The third-order valence-electron chi connectivity index (χ3n) is 15.5. The van der Waals surface area contributed by atoms with Crippen LogP contribution < -0.4 is 0 Å².